The molecule has 2 N–H and O–H groups in total. The van der Waals surface area contributed by atoms with Gasteiger partial charge < -0.3 is 5.32 Å². The molecule has 0 aliphatic heterocycles. The first-order chi connectivity index (χ1) is 17.6. The third-order valence-corrected chi connectivity index (χ3v) is 5.93. The van der Waals surface area contributed by atoms with Crippen molar-refractivity contribution < 1.29 is 9.59 Å². The molecule has 1 heterocycles. The largest absolute Gasteiger partial charge is 0.347 e. The molecule has 0 aliphatic carbocycles. The molecule has 2 amide bonds. The summed E-state index contributed by atoms with van der Waals surface area (Å²) < 4.78 is 1.79. The first kappa shape index (κ1) is 26.9. The van der Waals surface area contributed by atoms with Gasteiger partial charge >= 0.3 is 0 Å². The van der Waals surface area contributed by atoms with Crippen LogP contribution in [-0.4, -0.2) is 34.4 Å². The Bertz CT molecular complexity index is 1120. The Kier molecular flexibility index (Phi) is 10.9. The standard InChI is InChI=1S/C29H37N5O2/c1-3-4-5-6-7-8-12-15-27(35)30-21-28(36)32-31-20-25-22-34(26-13-10-9-11-14-26)33-29(25)24-18-16-23(2)17-19-24/h9-11,13-14,16-20,22H,3-8,12,15,21H2,1-2H3,(H,30,35)(H,32,36). The predicted molar refractivity (Wildman–Crippen MR) is 145 cm³/mol. The molecular weight excluding hydrogens is 450 g/mol. The van der Waals surface area contributed by atoms with E-state index in [1.807, 2.05) is 67.7 Å². The summed E-state index contributed by atoms with van der Waals surface area (Å²) in [5.74, 6) is -0.472. The summed E-state index contributed by atoms with van der Waals surface area (Å²) in [7, 11) is 0. The number of carbonyl (C=O) groups excluding carboxylic acids is 2. The van der Waals surface area contributed by atoms with Crippen LogP contribution in [0.15, 0.2) is 65.9 Å². The number of amides is 2. The molecule has 0 saturated carbocycles. The number of benzene rings is 2. The Morgan fingerprint density at radius 2 is 1.61 bits per heavy atom. The molecular formula is C29H37N5O2. The fourth-order valence-corrected chi connectivity index (χ4v) is 3.85. The van der Waals surface area contributed by atoms with E-state index in [4.69, 9.17) is 5.10 Å². The number of hydrazone groups is 1. The number of rotatable bonds is 14. The van der Waals surface area contributed by atoms with E-state index in [0.717, 1.165) is 47.3 Å². The fourth-order valence-electron chi connectivity index (χ4n) is 3.85. The highest BCUT2D eigenvalue weighted by molar-refractivity contribution is 5.90. The van der Waals surface area contributed by atoms with Gasteiger partial charge in [0.25, 0.3) is 5.91 Å². The lowest BCUT2D eigenvalue weighted by Crippen LogP contribution is -2.34. The molecule has 0 fully saturated rings. The second-order valence-electron chi connectivity index (χ2n) is 9.02. The normalized spacial score (nSPS) is 11.1. The Morgan fingerprint density at radius 1 is 0.917 bits per heavy atom. The van der Waals surface area contributed by atoms with E-state index in [1.54, 1.807) is 10.9 Å². The minimum atomic E-state index is -0.369. The predicted octanol–water partition coefficient (Wildman–Crippen LogP) is 5.55. The zero-order valence-electron chi connectivity index (χ0n) is 21.4. The van der Waals surface area contributed by atoms with Gasteiger partial charge in [0.05, 0.1) is 18.4 Å². The van der Waals surface area contributed by atoms with Crippen molar-refractivity contribution in [1.82, 2.24) is 20.5 Å². The van der Waals surface area contributed by atoms with Crippen molar-refractivity contribution in [3.63, 3.8) is 0 Å². The van der Waals surface area contributed by atoms with Gasteiger partial charge in [-0.3, -0.25) is 9.59 Å². The fraction of sp³-hybridized carbons (Fsp3) is 0.379. The van der Waals surface area contributed by atoms with E-state index >= 15 is 0 Å². The number of hydrogen-bond acceptors (Lipinski definition) is 4. The third kappa shape index (κ3) is 8.80. The van der Waals surface area contributed by atoms with Crippen LogP contribution in [0.3, 0.4) is 0 Å². The summed E-state index contributed by atoms with van der Waals surface area (Å²) in [5.41, 5.74) is 7.08. The zero-order valence-corrected chi connectivity index (χ0v) is 21.4. The van der Waals surface area contributed by atoms with E-state index in [9.17, 15) is 9.59 Å². The molecule has 36 heavy (non-hydrogen) atoms. The molecule has 0 atom stereocenters. The van der Waals surface area contributed by atoms with Gasteiger partial charge in [0, 0.05) is 23.7 Å². The molecule has 190 valence electrons. The number of aromatic nitrogens is 2. The van der Waals surface area contributed by atoms with Crippen LogP contribution in [0, 0.1) is 6.92 Å². The Hall–Kier alpha value is -3.74. The van der Waals surface area contributed by atoms with Gasteiger partial charge in [0.2, 0.25) is 5.91 Å². The SMILES string of the molecule is CCCCCCCCCC(=O)NCC(=O)NN=Cc1cn(-c2ccccc2)nc1-c1ccc(C)cc1. The maximum absolute atomic E-state index is 12.2. The number of unbranched alkanes of at least 4 members (excludes halogenated alkanes) is 6. The Morgan fingerprint density at radius 3 is 2.33 bits per heavy atom. The monoisotopic (exact) mass is 487 g/mol. The van der Waals surface area contributed by atoms with Gasteiger partial charge in [-0.05, 0) is 25.5 Å². The smallest absolute Gasteiger partial charge is 0.259 e. The summed E-state index contributed by atoms with van der Waals surface area (Å²) >= 11 is 0. The summed E-state index contributed by atoms with van der Waals surface area (Å²) in [5, 5.41) is 11.5. The molecule has 0 radical (unpaired) electrons. The number of para-hydroxylation sites is 1. The first-order valence-corrected chi connectivity index (χ1v) is 12.9. The lowest BCUT2D eigenvalue weighted by molar-refractivity contribution is -0.126. The summed E-state index contributed by atoms with van der Waals surface area (Å²) in [6.45, 7) is 4.15. The van der Waals surface area contributed by atoms with Crippen molar-refractivity contribution in [2.24, 2.45) is 5.10 Å². The maximum atomic E-state index is 12.2. The van der Waals surface area contributed by atoms with Gasteiger partial charge in [-0.1, -0.05) is 93.5 Å². The van der Waals surface area contributed by atoms with Crippen molar-refractivity contribution in [2.75, 3.05) is 6.54 Å². The van der Waals surface area contributed by atoms with Crippen molar-refractivity contribution in [2.45, 2.75) is 65.2 Å². The van der Waals surface area contributed by atoms with Gasteiger partial charge in [-0.25, -0.2) is 10.1 Å². The lowest BCUT2D eigenvalue weighted by Gasteiger charge is -2.04. The Balaban J connectivity index is 1.52. The third-order valence-electron chi connectivity index (χ3n) is 5.93. The van der Waals surface area contributed by atoms with E-state index in [2.05, 4.69) is 22.8 Å². The molecule has 3 rings (SSSR count). The maximum Gasteiger partial charge on any atom is 0.259 e. The molecule has 0 saturated heterocycles. The van der Waals surface area contributed by atoms with E-state index in [-0.39, 0.29) is 18.4 Å². The second kappa shape index (κ2) is 14.6. The van der Waals surface area contributed by atoms with Crippen LogP contribution in [0.1, 0.15) is 69.4 Å². The number of aryl methyl sites for hydroxylation is 1. The summed E-state index contributed by atoms with van der Waals surface area (Å²) in [6.07, 6.45) is 12.0. The van der Waals surface area contributed by atoms with Crippen LogP contribution < -0.4 is 10.7 Å². The average Bonchev–Trinajstić information content (AvgIpc) is 3.32. The lowest BCUT2D eigenvalue weighted by atomic mass is 10.1. The van der Waals surface area contributed by atoms with Crippen LogP contribution in [0.4, 0.5) is 0 Å². The van der Waals surface area contributed by atoms with Crippen molar-refractivity contribution >= 4 is 18.0 Å². The number of carbonyl (C=O) groups is 2. The van der Waals surface area contributed by atoms with Crippen molar-refractivity contribution in [1.29, 1.82) is 0 Å². The minimum absolute atomic E-state index is 0.0965. The average molecular weight is 488 g/mol. The van der Waals surface area contributed by atoms with Crippen molar-refractivity contribution in [3.05, 3.63) is 71.9 Å². The van der Waals surface area contributed by atoms with Gasteiger partial charge in [0.1, 0.15) is 5.69 Å². The first-order valence-electron chi connectivity index (χ1n) is 12.9. The van der Waals surface area contributed by atoms with Crippen LogP contribution in [-0.2, 0) is 9.59 Å². The quantitative estimate of drug-likeness (QED) is 0.177. The molecule has 7 heteroatoms. The molecule has 3 aromatic rings. The van der Waals surface area contributed by atoms with Gasteiger partial charge in [0.15, 0.2) is 0 Å². The topological polar surface area (TPSA) is 88.4 Å². The number of nitrogens with one attached hydrogen (secondary N) is 2. The number of hydrogen-bond donors (Lipinski definition) is 2. The molecule has 0 bridgehead atoms. The van der Waals surface area contributed by atoms with E-state index in [0.29, 0.717) is 6.42 Å². The highest BCUT2D eigenvalue weighted by Crippen LogP contribution is 2.23. The zero-order chi connectivity index (χ0) is 25.6. The van der Waals surface area contributed by atoms with Crippen LogP contribution in [0.2, 0.25) is 0 Å². The van der Waals surface area contributed by atoms with E-state index < -0.39 is 0 Å². The summed E-state index contributed by atoms with van der Waals surface area (Å²) in [6, 6.07) is 17.9. The van der Waals surface area contributed by atoms with E-state index in [1.165, 1.54) is 25.7 Å². The van der Waals surface area contributed by atoms with Gasteiger partial charge in [-0.2, -0.15) is 10.2 Å². The molecule has 1 aromatic heterocycles. The minimum Gasteiger partial charge on any atom is -0.347 e. The van der Waals surface area contributed by atoms with Crippen LogP contribution in [0.5, 0.6) is 0 Å². The van der Waals surface area contributed by atoms with Crippen LogP contribution >= 0.6 is 0 Å². The second-order valence-corrected chi connectivity index (χ2v) is 9.02. The Labute approximate surface area is 214 Å². The van der Waals surface area contributed by atoms with Gasteiger partial charge in [-0.15, -0.1) is 0 Å². The highest BCUT2D eigenvalue weighted by Gasteiger charge is 2.11. The molecule has 0 spiro atoms. The molecule has 0 aliphatic rings. The number of nitrogens with zero attached hydrogens (tertiary/aromatic N) is 3. The van der Waals surface area contributed by atoms with Crippen molar-refractivity contribution in [3.8, 4) is 16.9 Å². The molecule has 7 nitrogen and oxygen atoms in total. The summed E-state index contributed by atoms with van der Waals surface area (Å²) in [4.78, 5) is 24.2. The molecule has 2 aromatic carbocycles. The molecule has 0 unspecified atom stereocenters. The van der Waals surface area contributed by atoms with Crippen LogP contribution in [0.25, 0.3) is 16.9 Å². The highest BCUT2D eigenvalue weighted by atomic mass is 16.2.